The molecule has 0 aromatic rings. The number of hydrogen-bond acceptors (Lipinski definition) is 4. The Morgan fingerprint density at radius 2 is 0.950 bits per heavy atom. The minimum atomic E-state index is -1.08. The third-order valence-electron chi connectivity index (χ3n) is 8.13. The van der Waals surface area contributed by atoms with Gasteiger partial charge in [-0.15, -0.1) is 0 Å². The van der Waals surface area contributed by atoms with Gasteiger partial charge in [0.05, 0.1) is 18.8 Å². The lowest BCUT2D eigenvalue weighted by Crippen LogP contribution is -2.49. The first-order valence-corrected chi connectivity index (χ1v) is 17.5. The molecule has 0 saturated carbocycles. The normalized spacial score (nSPS) is 14.0. The van der Waals surface area contributed by atoms with Crippen molar-refractivity contribution in [3.05, 3.63) is 12.2 Å². The van der Waals surface area contributed by atoms with Crippen LogP contribution in [0.15, 0.2) is 12.2 Å². The highest BCUT2D eigenvalue weighted by molar-refractivity contribution is 5.80. The maximum Gasteiger partial charge on any atom is 0.249 e. The molecule has 0 fully saturated rings. The standard InChI is InChI=1S/C35H69NO4/c1-3-5-7-9-11-13-15-16-17-18-20-22-24-26-28-30-34(39)35(40)36-32(31-37)33(38)29-27-25-23-21-19-14-12-10-8-6-4-2/h17-18,32-34,37-39H,3-16,19-31H2,1-2H3,(H,36,40)/b18-17-. The average Bonchev–Trinajstić information content (AvgIpc) is 2.96. The van der Waals surface area contributed by atoms with E-state index >= 15 is 0 Å². The van der Waals surface area contributed by atoms with Gasteiger partial charge in [-0.2, -0.15) is 0 Å². The molecule has 3 unspecified atom stereocenters. The second kappa shape index (κ2) is 31.0. The predicted molar refractivity (Wildman–Crippen MR) is 172 cm³/mol. The van der Waals surface area contributed by atoms with Gasteiger partial charge in [0, 0.05) is 0 Å². The number of carbonyl (C=O) groups excluding carboxylic acids is 1. The average molecular weight is 568 g/mol. The highest BCUT2D eigenvalue weighted by Crippen LogP contribution is 2.14. The van der Waals surface area contributed by atoms with E-state index in [0.29, 0.717) is 12.8 Å². The maximum absolute atomic E-state index is 12.4. The molecule has 4 N–H and O–H groups in total. The Bertz CT molecular complexity index is 554. The fraction of sp³-hybridized carbons (Fsp3) is 0.914. The Morgan fingerprint density at radius 3 is 1.38 bits per heavy atom. The maximum atomic E-state index is 12.4. The van der Waals surface area contributed by atoms with Crippen LogP contribution in [0.4, 0.5) is 0 Å². The molecule has 0 aliphatic heterocycles. The lowest BCUT2D eigenvalue weighted by molar-refractivity contribution is -0.131. The summed E-state index contributed by atoms with van der Waals surface area (Å²) in [6, 6.07) is -0.710. The van der Waals surface area contributed by atoms with Crippen LogP contribution in [0.1, 0.15) is 181 Å². The molecule has 238 valence electrons. The molecule has 0 saturated heterocycles. The van der Waals surface area contributed by atoms with Gasteiger partial charge >= 0.3 is 0 Å². The number of hydrogen-bond donors (Lipinski definition) is 4. The second-order valence-corrected chi connectivity index (χ2v) is 12.1. The first-order valence-electron chi connectivity index (χ1n) is 17.5. The quantitative estimate of drug-likeness (QED) is 0.0497. The summed E-state index contributed by atoms with van der Waals surface area (Å²) >= 11 is 0. The molecule has 0 aliphatic rings. The van der Waals surface area contributed by atoms with Crippen LogP contribution in [-0.2, 0) is 4.79 Å². The molecule has 0 aliphatic carbocycles. The summed E-state index contributed by atoms with van der Waals surface area (Å²) in [5.41, 5.74) is 0. The lowest BCUT2D eigenvalue weighted by atomic mass is 10.0. The summed E-state index contributed by atoms with van der Waals surface area (Å²) in [7, 11) is 0. The van der Waals surface area contributed by atoms with Gasteiger partial charge in [0.15, 0.2) is 0 Å². The van der Waals surface area contributed by atoms with Crippen LogP contribution in [0.5, 0.6) is 0 Å². The fourth-order valence-corrected chi connectivity index (χ4v) is 5.30. The van der Waals surface area contributed by atoms with Gasteiger partial charge in [0.25, 0.3) is 0 Å². The monoisotopic (exact) mass is 568 g/mol. The van der Waals surface area contributed by atoms with E-state index in [4.69, 9.17) is 0 Å². The zero-order valence-corrected chi connectivity index (χ0v) is 26.7. The van der Waals surface area contributed by atoms with Crippen LogP contribution in [0.3, 0.4) is 0 Å². The molecular formula is C35H69NO4. The molecule has 0 aromatic carbocycles. The molecule has 3 atom stereocenters. The molecule has 5 nitrogen and oxygen atoms in total. The Balaban J connectivity index is 3.72. The van der Waals surface area contributed by atoms with E-state index in [1.54, 1.807) is 0 Å². The van der Waals surface area contributed by atoms with Crippen molar-refractivity contribution in [3.63, 3.8) is 0 Å². The third-order valence-corrected chi connectivity index (χ3v) is 8.13. The molecule has 5 heteroatoms. The first kappa shape index (κ1) is 39.1. The molecule has 0 rings (SSSR count). The summed E-state index contributed by atoms with van der Waals surface area (Å²) in [4.78, 5) is 12.4. The van der Waals surface area contributed by atoms with Crippen molar-refractivity contribution in [1.82, 2.24) is 5.32 Å². The lowest BCUT2D eigenvalue weighted by Gasteiger charge is -2.23. The van der Waals surface area contributed by atoms with Gasteiger partial charge in [-0.25, -0.2) is 0 Å². The minimum Gasteiger partial charge on any atom is -0.394 e. The van der Waals surface area contributed by atoms with E-state index in [1.807, 2.05) is 0 Å². The van der Waals surface area contributed by atoms with Gasteiger partial charge in [0.1, 0.15) is 6.10 Å². The van der Waals surface area contributed by atoms with E-state index in [1.165, 1.54) is 109 Å². The molecule has 40 heavy (non-hydrogen) atoms. The van der Waals surface area contributed by atoms with Crippen molar-refractivity contribution in [3.8, 4) is 0 Å². The summed E-state index contributed by atoms with van der Waals surface area (Å²) in [6.07, 6.45) is 33.3. The smallest absolute Gasteiger partial charge is 0.249 e. The van der Waals surface area contributed by atoms with Gasteiger partial charge in [0.2, 0.25) is 5.91 Å². The Morgan fingerprint density at radius 1 is 0.575 bits per heavy atom. The zero-order chi connectivity index (χ0) is 29.5. The van der Waals surface area contributed by atoms with Gasteiger partial charge in [-0.05, 0) is 38.5 Å². The van der Waals surface area contributed by atoms with E-state index < -0.39 is 24.2 Å². The van der Waals surface area contributed by atoms with Gasteiger partial charge in [-0.1, -0.05) is 154 Å². The topological polar surface area (TPSA) is 89.8 Å². The fourth-order valence-electron chi connectivity index (χ4n) is 5.30. The van der Waals surface area contributed by atoms with Crippen molar-refractivity contribution in [2.45, 2.75) is 199 Å². The largest absolute Gasteiger partial charge is 0.394 e. The number of aliphatic hydroxyl groups excluding tert-OH is 3. The predicted octanol–water partition coefficient (Wildman–Crippen LogP) is 8.92. The number of aliphatic hydroxyl groups is 3. The summed E-state index contributed by atoms with van der Waals surface area (Å²) in [6.45, 7) is 4.19. The summed E-state index contributed by atoms with van der Waals surface area (Å²) in [5.74, 6) is -0.481. The molecule has 0 aromatic heterocycles. The van der Waals surface area contributed by atoms with Crippen molar-refractivity contribution in [1.29, 1.82) is 0 Å². The van der Waals surface area contributed by atoms with Crippen LogP contribution in [0.2, 0.25) is 0 Å². The number of rotatable bonds is 31. The van der Waals surface area contributed by atoms with E-state index in [9.17, 15) is 20.1 Å². The Kier molecular flexibility index (Phi) is 30.3. The van der Waals surface area contributed by atoms with Crippen LogP contribution < -0.4 is 5.32 Å². The molecule has 0 bridgehead atoms. The van der Waals surface area contributed by atoms with Crippen molar-refractivity contribution >= 4 is 5.91 Å². The summed E-state index contributed by atoms with van der Waals surface area (Å²) in [5, 5.41) is 33.0. The minimum absolute atomic E-state index is 0.315. The highest BCUT2D eigenvalue weighted by atomic mass is 16.3. The third kappa shape index (κ3) is 26.0. The van der Waals surface area contributed by atoms with Crippen molar-refractivity contribution < 1.29 is 20.1 Å². The molecule has 1 amide bonds. The van der Waals surface area contributed by atoms with Gasteiger partial charge in [-0.3, -0.25) is 4.79 Å². The van der Waals surface area contributed by atoms with Crippen molar-refractivity contribution in [2.24, 2.45) is 0 Å². The number of amides is 1. The number of allylic oxidation sites excluding steroid dienone is 2. The van der Waals surface area contributed by atoms with Crippen LogP contribution >= 0.6 is 0 Å². The second-order valence-electron chi connectivity index (χ2n) is 12.1. The molecule has 0 heterocycles. The Hall–Kier alpha value is -0.910. The van der Waals surface area contributed by atoms with Crippen LogP contribution in [-0.4, -0.2) is 46.1 Å². The van der Waals surface area contributed by atoms with E-state index in [2.05, 4.69) is 31.3 Å². The number of carbonyl (C=O) groups is 1. The van der Waals surface area contributed by atoms with E-state index in [0.717, 1.165) is 44.9 Å². The van der Waals surface area contributed by atoms with Crippen LogP contribution in [0, 0.1) is 0 Å². The van der Waals surface area contributed by atoms with Crippen molar-refractivity contribution in [2.75, 3.05) is 6.61 Å². The number of nitrogens with one attached hydrogen (secondary N) is 1. The summed E-state index contributed by atoms with van der Waals surface area (Å²) < 4.78 is 0. The van der Waals surface area contributed by atoms with Gasteiger partial charge < -0.3 is 20.6 Å². The molecular weight excluding hydrogens is 498 g/mol. The zero-order valence-electron chi connectivity index (χ0n) is 26.7. The first-order chi connectivity index (χ1) is 19.6. The van der Waals surface area contributed by atoms with E-state index in [-0.39, 0.29) is 6.61 Å². The SMILES string of the molecule is CCCCCCCCC/C=C\CCCCCCC(O)C(=O)NC(CO)C(O)CCCCCCCCCCCCC. The molecule has 0 radical (unpaired) electrons. The van der Waals surface area contributed by atoms with Crippen LogP contribution in [0.25, 0.3) is 0 Å². The highest BCUT2D eigenvalue weighted by Gasteiger charge is 2.23. The number of unbranched alkanes of at least 4 members (excludes halogenated alkanes) is 21. The Labute approximate surface area is 249 Å². The molecule has 0 spiro atoms.